The molecule has 0 aliphatic rings. The summed E-state index contributed by atoms with van der Waals surface area (Å²) >= 11 is 5.81. The first-order valence-electron chi connectivity index (χ1n) is 5.14. The smallest absolute Gasteiger partial charge is 0.166 e. The van der Waals surface area contributed by atoms with Crippen LogP contribution in [0.1, 0.15) is 16.1 Å². The van der Waals surface area contributed by atoms with Crippen LogP contribution >= 0.6 is 11.6 Å². The van der Waals surface area contributed by atoms with Crippen LogP contribution in [-0.4, -0.2) is 10.9 Å². The molecule has 0 unspecified atom stereocenters. The van der Waals surface area contributed by atoms with E-state index in [9.17, 15) is 4.79 Å². The number of hydrogen-bond donors (Lipinski definition) is 0. The first kappa shape index (κ1) is 11.0. The van der Waals surface area contributed by atoms with Gasteiger partial charge in [0, 0.05) is 17.8 Å². The van der Waals surface area contributed by atoms with Crippen molar-refractivity contribution < 1.29 is 4.79 Å². The first-order chi connectivity index (χ1) is 7.79. The van der Waals surface area contributed by atoms with Crippen LogP contribution in [0, 0.1) is 0 Å². The minimum Gasteiger partial charge on any atom is -0.345 e. The van der Waals surface area contributed by atoms with Gasteiger partial charge in [-0.05, 0) is 36.2 Å². The van der Waals surface area contributed by atoms with E-state index in [0.717, 1.165) is 24.3 Å². The summed E-state index contributed by atoms with van der Waals surface area (Å²) in [5.74, 6) is 0. The summed E-state index contributed by atoms with van der Waals surface area (Å²) in [6, 6.07) is 11.5. The maximum atomic E-state index is 10.7. The lowest BCUT2D eigenvalue weighted by molar-refractivity contribution is 0.111. The molecule has 0 N–H and O–H groups in total. The monoisotopic (exact) mass is 233 g/mol. The Morgan fingerprint density at radius 1 is 1.19 bits per heavy atom. The molecular formula is C13H12ClNO. The second-order valence-electron chi connectivity index (χ2n) is 3.62. The SMILES string of the molecule is O=Cc1cccn1CCc1ccc(Cl)cc1. The van der Waals surface area contributed by atoms with E-state index in [1.54, 1.807) is 0 Å². The van der Waals surface area contributed by atoms with E-state index in [0.29, 0.717) is 5.69 Å². The number of aldehydes is 1. The van der Waals surface area contributed by atoms with Gasteiger partial charge in [-0.3, -0.25) is 4.79 Å². The van der Waals surface area contributed by atoms with Crippen LogP contribution < -0.4 is 0 Å². The molecule has 3 heteroatoms. The van der Waals surface area contributed by atoms with Crippen molar-refractivity contribution in [1.82, 2.24) is 4.57 Å². The topological polar surface area (TPSA) is 22.0 Å². The van der Waals surface area contributed by atoms with Crippen LogP contribution in [0.2, 0.25) is 5.02 Å². The Balaban J connectivity index is 2.02. The minimum absolute atomic E-state index is 0.717. The normalized spacial score (nSPS) is 10.3. The van der Waals surface area contributed by atoms with Crippen LogP contribution in [0.4, 0.5) is 0 Å². The van der Waals surface area contributed by atoms with Gasteiger partial charge in [-0.15, -0.1) is 0 Å². The molecule has 2 nitrogen and oxygen atoms in total. The zero-order chi connectivity index (χ0) is 11.4. The predicted molar refractivity (Wildman–Crippen MR) is 65.0 cm³/mol. The predicted octanol–water partition coefficient (Wildman–Crippen LogP) is 3.20. The van der Waals surface area contributed by atoms with Gasteiger partial charge in [-0.1, -0.05) is 23.7 Å². The highest BCUT2D eigenvalue weighted by molar-refractivity contribution is 6.30. The van der Waals surface area contributed by atoms with Crippen molar-refractivity contribution in [3.63, 3.8) is 0 Å². The van der Waals surface area contributed by atoms with Gasteiger partial charge >= 0.3 is 0 Å². The van der Waals surface area contributed by atoms with Crippen LogP contribution in [0.5, 0.6) is 0 Å². The summed E-state index contributed by atoms with van der Waals surface area (Å²) in [5, 5.41) is 0.748. The van der Waals surface area contributed by atoms with Gasteiger partial charge in [-0.25, -0.2) is 0 Å². The summed E-state index contributed by atoms with van der Waals surface area (Å²) in [6.07, 6.45) is 3.69. The van der Waals surface area contributed by atoms with Crippen LogP contribution in [0.3, 0.4) is 0 Å². The molecule has 0 saturated heterocycles. The minimum atomic E-state index is 0.717. The van der Waals surface area contributed by atoms with E-state index in [1.165, 1.54) is 5.56 Å². The first-order valence-corrected chi connectivity index (χ1v) is 5.52. The highest BCUT2D eigenvalue weighted by atomic mass is 35.5. The number of halogens is 1. The highest BCUT2D eigenvalue weighted by Gasteiger charge is 1.99. The lowest BCUT2D eigenvalue weighted by Gasteiger charge is -2.05. The lowest BCUT2D eigenvalue weighted by Crippen LogP contribution is -2.03. The molecule has 0 aliphatic carbocycles. The van der Waals surface area contributed by atoms with Crippen LogP contribution in [0.15, 0.2) is 42.6 Å². The largest absolute Gasteiger partial charge is 0.345 e. The Bertz CT molecular complexity index is 473. The van der Waals surface area contributed by atoms with Gasteiger partial charge in [0.15, 0.2) is 6.29 Å². The molecule has 82 valence electrons. The fourth-order valence-corrected chi connectivity index (χ4v) is 1.76. The van der Waals surface area contributed by atoms with Crippen LogP contribution in [-0.2, 0) is 13.0 Å². The molecule has 1 heterocycles. The molecule has 0 aliphatic heterocycles. The third-order valence-corrected chi connectivity index (χ3v) is 2.79. The molecule has 0 saturated carbocycles. The van der Waals surface area contributed by atoms with Gasteiger partial charge in [-0.2, -0.15) is 0 Å². The fourth-order valence-electron chi connectivity index (χ4n) is 1.64. The number of rotatable bonds is 4. The average molecular weight is 234 g/mol. The number of hydrogen-bond acceptors (Lipinski definition) is 1. The molecule has 1 aromatic carbocycles. The number of nitrogens with zero attached hydrogens (tertiary/aromatic N) is 1. The number of aromatic nitrogens is 1. The van der Waals surface area contributed by atoms with E-state index in [-0.39, 0.29) is 0 Å². The Kier molecular flexibility index (Phi) is 3.42. The molecular weight excluding hydrogens is 222 g/mol. The molecule has 1 aromatic heterocycles. The van der Waals surface area contributed by atoms with Crippen molar-refractivity contribution in [3.8, 4) is 0 Å². The molecule has 2 aromatic rings. The summed E-state index contributed by atoms with van der Waals surface area (Å²) in [5.41, 5.74) is 1.93. The fraction of sp³-hybridized carbons (Fsp3) is 0.154. The van der Waals surface area contributed by atoms with Gasteiger partial charge in [0.1, 0.15) is 0 Å². The zero-order valence-electron chi connectivity index (χ0n) is 8.77. The molecule has 2 rings (SSSR count). The van der Waals surface area contributed by atoms with Gasteiger partial charge in [0.05, 0.1) is 5.69 Å². The second kappa shape index (κ2) is 4.99. The summed E-state index contributed by atoms with van der Waals surface area (Å²) in [6.45, 7) is 0.808. The Morgan fingerprint density at radius 3 is 2.62 bits per heavy atom. The standard InChI is InChI=1S/C13H12ClNO/c14-12-5-3-11(4-6-12)7-9-15-8-1-2-13(15)10-16/h1-6,8,10H,7,9H2. The van der Waals surface area contributed by atoms with Crippen molar-refractivity contribution in [2.45, 2.75) is 13.0 Å². The molecule has 0 spiro atoms. The number of carbonyl (C=O) groups is 1. The molecule has 0 atom stereocenters. The average Bonchev–Trinajstić information content (AvgIpc) is 2.76. The van der Waals surface area contributed by atoms with Crippen LogP contribution in [0.25, 0.3) is 0 Å². The van der Waals surface area contributed by atoms with Crippen molar-refractivity contribution in [2.24, 2.45) is 0 Å². The molecule has 16 heavy (non-hydrogen) atoms. The maximum Gasteiger partial charge on any atom is 0.166 e. The molecule has 0 radical (unpaired) electrons. The van der Waals surface area contributed by atoms with Crippen molar-refractivity contribution in [1.29, 1.82) is 0 Å². The maximum absolute atomic E-state index is 10.7. The summed E-state index contributed by atoms with van der Waals surface area (Å²) in [4.78, 5) is 10.7. The number of aryl methyl sites for hydroxylation is 2. The Hall–Kier alpha value is -1.54. The van der Waals surface area contributed by atoms with E-state index < -0.39 is 0 Å². The zero-order valence-corrected chi connectivity index (χ0v) is 9.52. The quantitative estimate of drug-likeness (QED) is 0.744. The van der Waals surface area contributed by atoms with E-state index >= 15 is 0 Å². The second-order valence-corrected chi connectivity index (χ2v) is 4.06. The molecule has 0 bridgehead atoms. The lowest BCUT2D eigenvalue weighted by atomic mass is 10.1. The number of benzene rings is 1. The molecule has 0 fully saturated rings. The van der Waals surface area contributed by atoms with Crippen molar-refractivity contribution in [3.05, 3.63) is 58.9 Å². The van der Waals surface area contributed by atoms with Crippen molar-refractivity contribution >= 4 is 17.9 Å². The van der Waals surface area contributed by atoms with Gasteiger partial charge in [0.2, 0.25) is 0 Å². The third-order valence-electron chi connectivity index (χ3n) is 2.54. The number of carbonyl (C=O) groups excluding carboxylic acids is 1. The Morgan fingerprint density at radius 2 is 1.94 bits per heavy atom. The molecule has 0 amide bonds. The highest BCUT2D eigenvalue weighted by Crippen LogP contribution is 2.11. The van der Waals surface area contributed by atoms with E-state index in [4.69, 9.17) is 11.6 Å². The van der Waals surface area contributed by atoms with Gasteiger partial charge in [0.25, 0.3) is 0 Å². The van der Waals surface area contributed by atoms with E-state index in [2.05, 4.69) is 0 Å². The summed E-state index contributed by atoms with van der Waals surface area (Å²) in [7, 11) is 0. The van der Waals surface area contributed by atoms with Crippen molar-refractivity contribution in [2.75, 3.05) is 0 Å². The third kappa shape index (κ3) is 2.52. The van der Waals surface area contributed by atoms with Gasteiger partial charge < -0.3 is 4.57 Å². The Labute approximate surface area is 99.5 Å². The van der Waals surface area contributed by atoms with E-state index in [1.807, 2.05) is 47.2 Å². The summed E-state index contributed by atoms with van der Waals surface area (Å²) < 4.78 is 1.95.